The number of anilines is 3. The highest BCUT2D eigenvalue weighted by molar-refractivity contribution is 6.30. The van der Waals surface area contributed by atoms with Crippen molar-refractivity contribution in [1.29, 1.82) is 0 Å². The van der Waals surface area contributed by atoms with Crippen LogP contribution in [-0.2, 0) is 5.41 Å². The Labute approximate surface area is 233 Å². The van der Waals surface area contributed by atoms with Gasteiger partial charge < -0.3 is 4.90 Å². The van der Waals surface area contributed by atoms with Crippen molar-refractivity contribution in [3.05, 3.63) is 173 Å². The van der Waals surface area contributed by atoms with E-state index in [-0.39, 0.29) is 0 Å². The van der Waals surface area contributed by atoms with Crippen LogP contribution in [0.25, 0.3) is 22.3 Å². The molecule has 1 aliphatic heterocycles. The summed E-state index contributed by atoms with van der Waals surface area (Å²) in [6.45, 7) is 0. The zero-order valence-electron chi connectivity index (χ0n) is 21.2. The maximum Gasteiger partial charge on any atom is 0.0754 e. The number of para-hydroxylation sites is 3. The topological polar surface area (TPSA) is 3.24 Å². The number of rotatable bonds is 2. The second-order valence-corrected chi connectivity index (χ2v) is 10.7. The molecule has 0 unspecified atom stereocenters. The summed E-state index contributed by atoms with van der Waals surface area (Å²) in [4.78, 5) is 2.42. The predicted octanol–water partition coefficient (Wildman–Crippen LogP) is 10.2. The third kappa shape index (κ3) is 3.08. The maximum atomic E-state index is 6.24. The van der Waals surface area contributed by atoms with Gasteiger partial charge in [0.25, 0.3) is 0 Å². The molecule has 6 aromatic rings. The van der Waals surface area contributed by atoms with Crippen molar-refractivity contribution in [3.8, 4) is 22.3 Å². The molecule has 0 fully saturated rings. The predicted molar refractivity (Wildman–Crippen MR) is 162 cm³/mol. The fourth-order valence-corrected chi connectivity index (χ4v) is 6.91. The second kappa shape index (κ2) is 8.46. The summed E-state index contributed by atoms with van der Waals surface area (Å²) in [5.41, 5.74) is 13.3. The first kappa shape index (κ1) is 22.4. The lowest BCUT2D eigenvalue weighted by Gasteiger charge is -2.45. The minimum atomic E-state index is -0.438. The number of hydrogen-bond acceptors (Lipinski definition) is 1. The average molecular weight is 518 g/mol. The van der Waals surface area contributed by atoms with Gasteiger partial charge in [-0.3, -0.25) is 0 Å². The normalized spacial score (nSPS) is 13.9. The van der Waals surface area contributed by atoms with Gasteiger partial charge in [0.2, 0.25) is 0 Å². The van der Waals surface area contributed by atoms with Crippen molar-refractivity contribution in [3.63, 3.8) is 0 Å². The Morgan fingerprint density at radius 1 is 0.436 bits per heavy atom. The van der Waals surface area contributed by atoms with Crippen LogP contribution in [0.2, 0.25) is 5.02 Å². The lowest BCUT2D eigenvalue weighted by molar-refractivity contribution is 0.753. The molecule has 0 radical (unpaired) electrons. The van der Waals surface area contributed by atoms with E-state index < -0.39 is 5.41 Å². The molecule has 1 aliphatic carbocycles. The van der Waals surface area contributed by atoms with Gasteiger partial charge in [-0.05, 0) is 87.0 Å². The van der Waals surface area contributed by atoms with Gasteiger partial charge >= 0.3 is 0 Å². The molecular formula is C37H24ClN. The van der Waals surface area contributed by atoms with E-state index in [2.05, 4.69) is 138 Å². The van der Waals surface area contributed by atoms with Crippen LogP contribution in [0.4, 0.5) is 17.1 Å². The van der Waals surface area contributed by atoms with Crippen molar-refractivity contribution in [2.75, 3.05) is 4.90 Å². The van der Waals surface area contributed by atoms with Crippen molar-refractivity contribution in [1.82, 2.24) is 0 Å². The average Bonchev–Trinajstić information content (AvgIpc) is 3.29. The zero-order valence-corrected chi connectivity index (χ0v) is 21.9. The molecule has 0 N–H and O–H groups in total. The largest absolute Gasteiger partial charge is 0.310 e. The molecule has 8 rings (SSSR count). The van der Waals surface area contributed by atoms with Crippen LogP contribution in [0.3, 0.4) is 0 Å². The molecule has 2 aliphatic rings. The Hall–Kier alpha value is -4.59. The number of fused-ring (bicyclic) bond motifs is 9. The molecule has 0 aromatic heterocycles. The smallest absolute Gasteiger partial charge is 0.0754 e. The Kier molecular flexibility index (Phi) is 4.86. The molecule has 0 atom stereocenters. The summed E-state index contributed by atoms with van der Waals surface area (Å²) in [6, 6.07) is 52.6. The van der Waals surface area contributed by atoms with Gasteiger partial charge in [-0.15, -0.1) is 0 Å². The van der Waals surface area contributed by atoms with E-state index in [0.717, 1.165) is 16.3 Å². The van der Waals surface area contributed by atoms with Crippen molar-refractivity contribution < 1.29 is 0 Å². The summed E-state index contributed by atoms with van der Waals surface area (Å²) < 4.78 is 0. The summed E-state index contributed by atoms with van der Waals surface area (Å²) in [7, 11) is 0. The van der Waals surface area contributed by atoms with Crippen molar-refractivity contribution in [2.24, 2.45) is 0 Å². The molecule has 1 heterocycles. The SMILES string of the molecule is Clc1ccc(-c2ccc3c(c2)C2(c4ccccc4-3)c3ccccc3N(c3ccccc3)c3ccccc32)cc1. The van der Waals surface area contributed by atoms with Gasteiger partial charge in [0.1, 0.15) is 0 Å². The van der Waals surface area contributed by atoms with Gasteiger partial charge in [-0.1, -0.05) is 115 Å². The second-order valence-electron chi connectivity index (χ2n) is 10.3. The molecule has 0 bridgehead atoms. The third-order valence-electron chi connectivity index (χ3n) is 8.33. The van der Waals surface area contributed by atoms with Crippen LogP contribution < -0.4 is 4.90 Å². The van der Waals surface area contributed by atoms with E-state index >= 15 is 0 Å². The minimum absolute atomic E-state index is 0.438. The van der Waals surface area contributed by atoms with Gasteiger partial charge in [0.15, 0.2) is 0 Å². The van der Waals surface area contributed by atoms with Gasteiger partial charge in [-0.2, -0.15) is 0 Å². The van der Waals surface area contributed by atoms with Crippen LogP contribution >= 0.6 is 11.6 Å². The molecule has 39 heavy (non-hydrogen) atoms. The van der Waals surface area contributed by atoms with E-state index in [1.807, 2.05) is 12.1 Å². The third-order valence-corrected chi connectivity index (χ3v) is 8.59. The Bertz CT molecular complexity index is 1820. The van der Waals surface area contributed by atoms with Crippen LogP contribution in [0.15, 0.2) is 146 Å². The lowest BCUT2D eigenvalue weighted by Crippen LogP contribution is -2.36. The van der Waals surface area contributed by atoms with Crippen LogP contribution in [0.5, 0.6) is 0 Å². The molecule has 184 valence electrons. The number of nitrogens with zero attached hydrogens (tertiary/aromatic N) is 1. The van der Waals surface area contributed by atoms with Crippen LogP contribution in [0.1, 0.15) is 22.3 Å². The zero-order chi connectivity index (χ0) is 26.0. The lowest BCUT2D eigenvalue weighted by atomic mass is 9.64. The molecule has 1 spiro atoms. The Morgan fingerprint density at radius 3 is 1.67 bits per heavy atom. The molecular weight excluding hydrogens is 494 g/mol. The fourth-order valence-electron chi connectivity index (χ4n) is 6.78. The molecule has 0 amide bonds. The standard InChI is InChI=1S/C37H24ClN/c38-27-21-18-25(19-22-27)26-20-23-30-29-12-4-5-13-31(29)37(34(30)24-26)32-14-6-8-16-35(32)39(28-10-2-1-3-11-28)36-17-9-7-15-33(36)37/h1-24H. The highest BCUT2D eigenvalue weighted by Crippen LogP contribution is 2.63. The highest BCUT2D eigenvalue weighted by Gasteiger charge is 2.51. The minimum Gasteiger partial charge on any atom is -0.310 e. The number of hydrogen-bond donors (Lipinski definition) is 0. The highest BCUT2D eigenvalue weighted by atomic mass is 35.5. The van der Waals surface area contributed by atoms with Gasteiger partial charge in [-0.25, -0.2) is 0 Å². The van der Waals surface area contributed by atoms with Crippen molar-refractivity contribution in [2.45, 2.75) is 5.41 Å². The Morgan fingerprint density at radius 2 is 0.974 bits per heavy atom. The number of halogens is 1. The van der Waals surface area contributed by atoms with Gasteiger partial charge in [0.05, 0.1) is 16.8 Å². The molecule has 1 nitrogen and oxygen atoms in total. The van der Waals surface area contributed by atoms with E-state index in [1.165, 1.54) is 50.3 Å². The first-order chi connectivity index (χ1) is 19.3. The first-order valence-electron chi connectivity index (χ1n) is 13.3. The number of benzene rings is 6. The molecule has 0 saturated heterocycles. The van der Waals surface area contributed by atoms with E-state index in [4.69, 9.17) is 11.6 Å². The Balaban J connectivity index is 1.50. The first-order valence-corrected chi connectivity index (χ1v) is 13.7. The van der Waals surface area contributed by atoms with E-state index in [9.17, 15) is 0 Å². The maximum absolute atomic E-state index is 6.24. The quantitative estimate of drug-likeness (QED) is 0.220. The van der Waals surface area contributed by atoms with E-state index in [0.29, 0.717) is 0 Å². The summed E-state index contributed by atoms with van der Waals surface area (Å²) in [5, 5.41) is 0.750. The molecule has 6 aromatic carbocycles. The summed E-state index contributed by atoms with van der Waals surface area (Å²) in [5.74, 6) is 0. The van der Waals surface area contributed by atoms with Crippen LogP contribution in [0, 0.1) is 0 Å². The van der Waals surface area contributed by atoms with Crippen LogP contribution in [-0.4, -0.2) is 0 Å². The van der Waals surface area contributed by atoms with E-state index in [1.54, 1.807) is 0 Å². The van der Waals surface area contributed by atoms with Crippen molar-refractivity contribution >= 4 is 28.7 Å². The monoisotopic (exact) mass is 517 g/mol. The molecule has 2 heteroatoms. The molecule has 0 saturated carbocycles. The fraction of sp³-hybridized carbons (Fsp3) is 0.0270. The summed E-state index contributed by atoms with van der Waals surface area (Å²) in [6.07, 6.45) is 0. The summed E-state index contributed by atoms with van der Waals surface area (Å²) >= 11 is 6.24. The van der Waals surface area contributed by atoms with Gasteiger partial charge in [0, 0.05) is 10.7 Å².